The molecule has 2 aliphatic rings. The minimum Gasteiger partial charge on any atom is -0.497 e. The first-order chi connectivity index (χ1) is 23.4. The van der Waals surface area contributed by atoms with Gasteiger partial charge in [-0.25, -0.2) is 8.96 Å². The number of methoxy groups -OCH3 is 1. The Morgan fingerprint density at radius 2 is 1.69 bits per heavy atom. The summed E-state index contributed by atoms with van der Waals surface area (Å²) in [6.45, 7) is 1.44. The molecule has 0 atom stereocenters. The molecule has 0 bridgehead atoms. The molecule has 0 spiro atoms. The number of anilines is 1. The van der Waals surface area contributed by atoms with Gasteiger partial charge in [-0.05, 0) is 98.0 Å². The number of ether oxygens (including phenoxy) is 1. The highest BCUT2D eigenvalue weighted by molar-refractivity contribution is 7.91. The molecule has 1 saturated carbocycles. The van der Waals surface area contributed by atoms with Crippen LogP contribution in [0.25, 0.3) is 32.6 Å². The molecule has 0 radical (unpaired) electrons. The SMILES string of the molecule is COc1ccc(Cn2c(=O)c(-c3nc4cc5c(cc4n3S(=O)(=O)C(F)(F)F)CCN(C)CC5)c(NC3CCC(O)CC3)c3sccc32)cc1. The van der Waals surface area contributed by atoms with Crippen molar-refractivity contribution in [2.24, 2.45) is 0 Å². The molecule has 3 aromatic heterocycles. The van der Waals surface area contributed by atoms with Gasteiger partial charge in [-0.15, -0.1) is 11.3 Å². The molecule has 5 aromatic rings. The van der Waals surface area contributed by atoms with E-state index in [1.807, 2.05) is 7.05 Å². The Morgan fingerprint density at radius 3 is 2.35 bits per heavy atom. The van der Waals surface area contributed by atoms with Crippen LogP contribution in [0.5, 0.6) is 5.75 Å². The number of nitrogens with zero attached hydrogens (tertiary/aromatic N) is 4. The number of aliphatic hydroxyl groups is 1. The molecule has 7 rings (SSSR count). The first kappa shape index (κ1) is 33.6. The zero-order chi connectivity index (χ0) is 34.7. The van der Waals surface area contributed by atoms with Gasteiger partial charge < -0.3 is 24.6 Å². The molecule has 0 amide bonds. The van der Waals surface area contributed by atoms with Gasteiger partial charge >= 0.3 is 15.5 Å². The van der Waals surface area contributed by atoms with Crippen molar-refractivity contribution < 1.29 is 31.4 Å². The normalized spacial score (nSPS) is 19.2. The van der Waals surface area contributed by atoms with E-state index >= 15 is 0 Å². The Bertz CT molecular complexity index is 2200. The Balaban J connectivity index is 1.52. The van der Waals surface area contributed by atoms with Gasteiger partial charge in [-0.3, -0.25) is 4.79 Å². The van der Waals surface area contributed by atoms with Crippen molar-refractivity contribution in [3.8, 4) is 17.1 Å². The minimum atomic E-state index is -6.05. The molecule has 260 valence electrons. The fraction of sp³-hybridized carbons (Fsp3) is 0.412. The second kappa shape index (κ2) is 12.8. The van der Waals surface area contributed by atoms with E-state index < -0.39 is 33.0 Å². The van der Waals surface area contributed by atoms with Gasteiger partial charge in [0.2, 0.25) is 0 Å². The summed E-state index contributed by atoms with van der Waals surface area (Å²) in [4.78, 5) is 21.5. The lowest BCUT2D eigenvalue weighted by Crippen LogP contribution is -2.33. The molecule has 0 unspecified atom stereocenters. The summed E-state index contributed by atoms with van der Waals surface area (Å²) in [5.74, 6) is 0.0254. The third-order valence-electron chi connectivity index (χ3n) is 9.63. The Hall–Kier alpha value is -3.92. The minimum absolute atomic E-state index is 0.0604. The molecule has 1 aliphatic heterocycles. The molecule has 2 aromatic carbocycles. The summed E-state index contributed by atoms with van der Waals surface area (Å²) >= 11 is 1.30. The fourth-order valence-corrected chi connectivity index (χ4v) is 8.78. The van der Waals surface area contributed by atoms with E-state index in [2.05, 4.69) is 15.2 Å². The van der Waals surface area contributed by atoms with Crippen molar-refractivity contribution in [2.45, 2.75) is 62.7 Å². The molecule has 2 N–H and O–H groups in total. The Kier molecular flexibility index (Phi) is 8.74. The monoisotopic (exact) mass is 715 g/mol. The first-order valence-electron chi connectivity index (χ1n) is 16.1. The number of fused-ring (bicyclic) bond motifs is 3. The van der Waals surface area contributed by atoms with Crippen LogP contribution in [-0.2, 0) is 29.4 Å². The fourth-order valence-electron chi connectivity index (χ4n) is 6.90. The molecule has 4 heterocycles. The van der Waals surface area contributed by atoms with Gasteiger partial charge in [0.05, 0.1) is 46.7 Å². The van der Waals surface area contributed by atoms with Crippen molar-refractivity contribution in [1.29, 1.82) is 0 Å². The van der Waals surface area contributed by atoms with Crippen LogP contribution < -0.4 is 15.6 Å². The van der Waals surface area contributed by atoms with Crippen LogP contribution in [0, 0.1) is 0 Å². The van der Waals surface area contributed by atoms with Crippen LogP contribution in [0.15, 0.2) is 52.6 Å². The number of rotatable bonds is 7. The molecule has 15 heteroatoms. The molecule has 1 aliphatic carbocycles. The number of imidazole rings is 1. The average molecular weight is 716 g/mol. The molecular formula is C34H36F3N5O5S2. The van der Waals surface area contributed by atoms with Gasteiger partial charge in [0.1, 0.15) is 11.3 Å². The van der Waals surface area contributed by atoms with E-state index in [1.165, 1.54) is 29.1 Å². The molecule has 0 saturated heterocycles. The summed E-state index contributed by atoms with van der Waals surface area (Å²) in [7, 11) is -2.56. The highest BCUT2D eigenvalue weighted by Gasteiger charge is 2.50. The van der Waals surface area contributed by atoms with E-state index in [9.17, 15) is 31.5 Å². The highest BCUT2D eigenvalue weighted by atomic mass is 32.2. The summed E-state index contributed by atoms with van der Waals surface area (Å²) in [6.07, 6.45) is 2.80. The summed E-state index contributed by atoms with van der Waals surface area (Å²) in [5.41, 5.74) is -3.65. The van der Waals surface area contributed by atoms with Gasteiger partial charge in [0, 0.05) is 19.1 Å². The number of thiophene rings is 1. The van der Waals surface area contributed by atoms with Gasteiger partial charge in [0.15, 0.2) is 5.82 Å². The van der Waals surface area contributed by atoms with E-state index in [4.69, 9.17) is 4.74 Å². The zero-order valence-electron chi connectivity index (χ0n) is 27.0. The van der Waals surface area contributed by atoms with Crippen LogP contribution in [0.4, 0.5) is 18.9 Å². The van der Waals surface area contributed by atoms with Crippen molar-refractivity contribution in [2.75, 3.05) is 32.6 Å². The maximum absolute atomic E-state index is 14.8. The summed E-state index contributed by atoms with van der Waals surface area (Å²) in [5, 5.41) is 15.3. The van der Waals surface area contributed by atoms with Crippen LogP contribution in [-0.4, -0.2) is 76.8 Å². The Labute approximate surface area is 284 Å². The topological polar surface area (TPSA) is 119 Å². The maximum Gasteiger partial charge on any atom is 0.517 e. The van der Waals surface area contributed by atoms with Crippen LogP contribution >= 0.6 is 11.3 Å². The molecule has 1 fully saturated rings. The number of aliphatic hydroxyl groups excluding tert-OH is 1. The van der Waals surface area contributed by atoms with E-state index in [0.717, 1.165) is 23.2 Å². The standard InChI is InChI=1S/C34H36F3N5O5S2/c1-40-14-11-21-17-26-28(18-22(21)12-15-40)42(49(45,46)34(35,36)37)32(39-26)29-30(38-23-5-7-24(43)8-6-23)31-27(13-16-48-31)41(33(29)44)19-20-3-9-25(47-2)10-4-20/h3-4,9-10,13,16-18,23-24,38,43H,5-8,11-12,14-15,19H2,1-2H3. The smallest absolute Gasteiger partial charge is 0.497 e. The quantitative estimate of drug-likeness (QED) is 0.224. The number of nitrogens with one attached hydrogen (secondary N) is 1. The number of likely N-dealkylation sites (N-methyl/N-ethyl adjacent to an activating group) is 1. The second-order valence-electron chi connectivity index (χ2n) is 12.8. The number of pyridine rings is 1. The van der Waals surface area contributed by atoms with Crippen molar-refractivity contribution >= 4 is 48.3 Å². The third-order valence-corrected chi connectivity index (χ3v) is 12.0. The van der Waals surface area contributed by atoms with E-state index in [1.54, 1.807) is 41.8 Å². The van der Waals surface area contributed by atoms with Gasteiger partial charge in [-0.2, -0.15) is 21.6 Å². The van der Waals surface area contributed by atoms with Crippen LogP contribution in [0.2, 0.25) is 0 Å². The van der Waals surface area contributed by atoms with Crippen molar-refractivity contribution in [3.63, 3.8) is 0 Å². The molecule has 49 heavy (non-hydrogen) atoms. The van der Waals surface area contributed by atoms with Crippen molar-refractivity contribution in [3.05, 3.63) is 74.9 Å². The largest absolute Gasteiger partial charge is 0.517 e. The van der Waals surface area contributed by atoms with Crippen LogP contribution in [0.1, 0.15) is 42.4 Å². The first-order valence-corrected chi connectivity index (χ1v) is 18.4. The number of hydrogen-bond acceptors (Lipinski definition) is 9. The van der Waals surface area contributed by atoms with Crippen LogP contribution in [0.3, 0.4) is 0 Å². The lowest BCUT2D eigenvalue weighted by Gasteiger charge is -2.28. The zero-order valence-corrected chi connectivity index (χ0v) is 28.6. The summed E-state index contributed by atoms with van der Waals surface area (Å²) < 4.78 is 78.2. The third kappa shape index (κ3) is 6.10. The Morgan fingerprint density at radius 1 is 1.02 bits per heavy atom. The number of benzene rings is 2. The number of halogens is 3. The average Bonchev–Trinajstić information content (AvgIpc) is 3.65. The van der Waals surface area contributed by atoms with E-state index in [0.29, 0.717) is 61.0 Å². The highest BCUT2D eigenvalue weighted by Crippen LogP contribution is 2.41. The number of hydrogen-bond donors (Lipinski definition) is 2. The van der Waals surface area contributed by atoms with Crippen molar-refractivity contribution in [1.82, 2.24) is 18.4 Å². The number of aromatic nitrogens is 3. The van der Waals surface area contributed by atoms with Gasteiger partial charge in [0.25, 0.3) is 5.56 Å². The predicted octanol–water partition coefficient (Wildman–Crippen LogP) is 5.58. The lowest BCUT2D eigenvalue weighted by molar-refractivity contribution is -0.0444. The second-order valence-corrected chi connectivity index (χ2v) is 15.5. The number of alkyl halides is 3. The maximum atomic E-state index is 14.8. The van der Waals surface area contributed by atoms with E-state index in [-0.39, 0.29) is 38.8 Å². The van der Waals surface area contributed by atoms with Gasteiger partial charge in [-0.1, -0.05) is 12.1 Å². The molecular weight excluding hydrogens is 680 g/mol. The predicted molar refractivity (Wildman–Crippen MR) is 184 cm³/mol. The summed E-state index contributed by atoms with van der Waals surface area (Å²) in [6, 6.07) is 11.8. The lowest BCUT2D eigenvalue weighted by atomic mass is 9.93. The molecule has 10 nitrogen and oxygen atoms in total.